The fourth-order valence-electron chi connectivity index (χ4n) is 2.12. The van der Waals surface area contributed by atoms with Crippen LogP contribution >= 0.6 is 11.6 Å². The van der Waals surface area contributed by atoms with Gasteiger partial charge in [-0.15, -0.1) is 14.8 Å². The van der Waals surface area contributed by atoms with E-state index in [-0.39, 0.29) is 5.56 Å². The quantitative estimate of drug-likeness (QED) is 0.683. The Kier molecular flexibility index (Phi) is 4.17. The summed E-state index contributed by atoms with van der Waals surface area (Å²) in [7, 11) is 0. The molecule has 0 unspecified atom stereocenters. The predicted octanol–water partition coefficient (Wildman–Crippen LogP) is 3.49. The molecular weight excluding hydrogens is 324 g/mol. The van der Waals surface area contributed by atoms with Gasteiger partial charge in [-0.05, 0) is 37.0 Å². The highest BCUT2D eigenvalue weighted by atomic mass is 35.5. The van der Waals surface area contributed by atoms with E-state index in [0.29, 0.717) is 11.1 Å². The van der Waals surface area contributed by atoms with Crippen molar-refractivity contribution in [3.8, 4) is 6.07 Å². The minimum Gasteiger partial charge on any atom is -0.213 e. The molecule has 0 saturated heterocycles. The van der Waals surface area contributed by atoms with Gasteiger partial charge in [-0.25, -0.2) is 13.8 Å². The van der Waals surface area contributed by atoms with Crippen molar-refractivity contribution in [3.63, 3.8) is 0 Å². The van der Waals surface area contributed by atoms with Gasteiger partial charge in [0.15, 0.2) is 10.8 Å². The molecule has 1 aliphatic rings. The molecule has 3 aromatic rings. The van der Waals surface area contributed by atoms with Gasteiger partial charge in [-0.2, -0.15) is 5.26 Å². The van der Waals surface area contributed by atoms with Crippen molar-refractivity contribution in [2.75, 3.05) is 0 Å². The van der Waals surface area contributed by atoms with Crippen LogP contribution in [-0.2, 0) is 0 Å². The average molecular weight is 334 g/mol. The van der Waals surface area contributed by atoms with E-state index in [1.807, 2.05) is 6.07 Å². The van der Waals surface area contributed by atoms with E-state index in [1.54, 1.807) is 6.07 Å². The van der Waals surface area contributed by atoms with Gasteiger partial charge in [0.1, 0.15) is 18.0 Å². The van der Waals surface area contributed by atoms with E-state index < -0.39 is 11.6 Å². The van der Waals surface area contributed by atoms with Gasteiger partial charge in [0.05, 0.1) is 11.6 Å². The lowest BCUT2D eigenvalue weighted by atomic mass is 10.2. The van der Waals surface area contributed by atoms with Crippen molar-refractivity contribution in [1.29, 1.82) is 5.26 Å². The Morgan fingerprint density at radius 1 is 1.17 bits per heavy atom. The van der Waals surface area contributed by atoms with Crippen LogP contribution in [0.5, 0.6) is 0 Å². The number of aromatic nitrogens is 4. The number of nitrogens with zero attached hydrogens (tertiary/aromatic N) is 5. The smallest absolute Gasteiger partial charge is 0.179 e. The van der Waals surface area contributed by atoms with Crippen LogP contribution < -0.4 is 0 Å². The molecule has 0 atom stereocenters. The van der Waals surface area contributed by atoms with E-state index in [9.17, 15) is 8.78 Å². The lowest BCUT2D eigenvalue weighted by Gasteiger charge is -1.99. The third-order valence-electron chi connectivity index (χ3n) is 3.26. The number of halogens is 3. The van der Waals surface area contributed by atoms with Crippen LogP contribution in [0.15, 0.2) is 30.6 Å². The lowest BCUT2D eigenvalue weighted by Crippen LogP contribution is -1.97. The van der Waals surface area contributed by atoms with E-state index >= 15 is 0 Å². The Hall–Kier alpha value is -2.59. The topological polar surface area (TPSA) is 66.9 Å². The predicted molar refractivity (Wildman–Crippen MR) is 78.8 cm³/mol. The van der Waals surface area contributed by atoms with Crippen molar-refractivity contribution >= 4 is 17.2 Å². The van der Waals surface area contributed by atoms with Crippen LogP contribution in [0.1, 0.15) is 29.9 Å². The fourth-order valence-corrected chi connectivity index (χ4v) is 2.31. The summed E-state index contributed by atoms with van der Waals surface area (Å²) >= 11 is 5.85. The van der Waals surface area contributed by atoms with Crippen LogP contribution in [0.3, 0.4) is 0 Å². The lowest BCUT2D eigenvalue weighted by molar-refractivity contribution is 0.582. The molecule has 0 spiro atoms. The summed E-state index contributed by atoms with van der Waals surface area (Å²) in [5, 5.41) is 16.7. The molecular formula is C15H10ClF2N5. The van der Waals surface area contributed by atoms with Gasteiger partial charge in [0.25, 0.3) is 0 Å². The highest BCUT2D eigenvalue weighted by Gasteiger charge is 2.27. The van der Waals surface area contributed by atoms with Gasteiger partial charge in [-0.1, -0.05) is 11.6 Å². The van der Waals surface area contributed by atoms with Gasteiger partial charge in [0, 0.05) is 11.6 Å². The first-order valence-electron chi connectivity index (χ1n) is 6.79. The minimum atomic E-state index is -0.725. The first kappa shape index (κ1) is 15.3. The van der Waals surface area contributed by atoms with E-state index in [4.69, 9.17) is 16.9 Å². The Balaban J connectivity index is 0.000000142. The Labute approximate surface area is 135 Å². The molecule has 0 radical (unpaired) electrons. The van der Waals surface area contributed by atoms with Crippen LogP contribution in [0.25, 0.3) is 5.65 Å². The number of benzene rings is 1. The van der Waals surface area contributed by atoms with Crippen LogP contribution in [-0.4, -0.2) is 19.8 Å². The molecule has 1 aliphatic carbocycles. The molecule has 1 saturated carbocycles. The Morgan fingerprint density at radius 3 is 2.48 bits per heavy atom. The molecule has 4 rings (SSSR count). The highest BCUT2D eigenvalue weighted by Crippen LogP contribution is 2.41. The largest absolute Gasteiger partial charge is 0.213 e. The van der Waals surface area contributed by atoms with Crippen molar-refractivity contribution in [2.24, 2.45) is 0 Å². The van der Waals surface area contributed by atoms with E-state index in [2.05, 4.69) is 15.2 Å². The molecule has 0 aliphatic heterocycles. The zero-order valence-electron chi connectivity index (χ0n) is 11.7. The number of hydrogen-bond donors (Lipinski definition) is 0. The highest BCUT2D eigenvalue weighted by molar-refractivity contribution is 6.29. The van der Waals surface area contributed by atoms with Gasteiger partial charge in [0.2, 0.25) is 0 Å². The molecule has 1 fully saturated rings. The summed E-state index contributed by atoms with van der Waals surface area (Å²) < 4.78 is 25.9. The molecule has 8 heteroatoms. The maximum absolute atomic E-state index is 12.2. The number of rotatable bonds is 1. The zero-order chi connectivity index (χ0) is 16.4. The second-order valence-corrected chi connectivity index (χ2v) is 5.43. The molecule has 0 N–H and O–H groups in total. The van der Waals surface area contributed by atoms with Crippen molar-refractivity contribution in [1.82, 2.24) is 19.8 Å². The van der Waals surface area contributed by atoms with Gasteiger partial charge in [-0.3, -0.25) is 0 Å². The third-order valence-corrected chi connectivity index (χ3v) is 3.45. The molecule has 0 amide bonds. The van der Waals surface area contributed by atoms with Crippen LogP contribution in [0.2, 0.25) is 5.15 Å². The molecule has 2 heterocycles. The molecule has 0 bridgehead atoms. The normalized spacial score (nSPS) is 13.3. The average Bonchev–Trinajstić information content (AvgIpc) is 3.24. The first-order valence-corrected chi connectivity index (χ1v) is 7.17. The van der Waals surface area contributed by atoms with Crippen LogP contribution in [0.4, 0.5) is 8.78 Å². The third kappa shape index (κ3) is 3.60. The van der Waals surface area contributed by atoms with E-state index in [1.165, 1.54) is 29.4 Å². The minimum absolute atomic E-state index is 0.00231. The summed E-state index contributed by atoms with van der Waals surface area (Å²) in [6.07, 6.45) is 3.95. The molecule has 1 aromatic carbocycles. The molecule has 5 nitrogen and oxygen atoms in total. The van der Waals surface area contributed by atoms with Gasteiger partial charge >= 0.3 is 0 Å². The molecule has 2 aromatic heterocycles. The Bertz CT molecular complexity index is 878. The second kappa shape index (κ2) is 6.26. The number of fused-ring (bicyclic) bond motifs is 1. The molecule has 116 valence electrons. The molecule has 23 heavy (non-hydrogen) atoms. The Morgan fingerprint density at radius 2 is 1.87 bits per heavy atom. The second-order valence-electron chi connectivity index (χ2n) is 5.04. The fraction of sp³-hybridized carbons (Fsp3) is 0.200. The van der Waals surface area contributed by atoms with Gasteiger partial charge < -0.3 is 0 Å². The maximum atomic E-state index is 12.2. The van der Waals surface area contributed by atoms with E-state index in [0.717, 1.165) is 23.8 Å². The van der Waals surface area contributed by atoms with Crippen LogP contribution in [0, 0.1) is 23.0 Å². The number of nitriles is 1. The standard InChI is InChI=1S/C8H7ClN4.C7H3F2N/c9-7-3-6(5-1-2-5)8-10-4-11-13(8)12-7;8-6-1-5(4-10)2-7(9)3-6/h3-5H,1-2H2;1-3H. The van der Waals surface area contributed by atoms with Crippen molar-refractivity contribution < 1.29 is 8.78 Å². The van der Waals surface area contributed by atoms with Crippen molar-refractivity contribution in [3.05, 3.63) is 58.5 Å². The zero-order valence-corrected chi connectivity index (χ0v) is 12.5. The SMILES string of the molecule is Clc1cc(C2CC2)c2ncnn2n1.N#Cc1cc(F)cc(F)c1. The summed E-state index contributed by atoms with van der Waals surface area (Å²) in [6.45, 7) is 0. The summed E-state index contributed by atoms with van der Waals surface area (Å²) in [4.78, 5) is 4.15. The summed E-state index contributed by atoms with van der Waals surface area (Å²) in [5.74, 6) is -0.833. The maximum Gasteiger partial charge on any atom is 0.179 e. The van der Waals surface area contributed by atoms with Crippen molar-refractivity contribution in [2.45, 2.75) is 18.8 Å². The monoisotopic (exact) mass is 333 g/mol. The summed E-state index contributed by atoms with van der Waals surface area (Å²) in [6, 6.07) is 6.19. The first-order chi connectivity index (χ1) is 11.1. The number of hydrogen-bond acceptors (Lipinski definition) is 4. The summed E-state index contributed by atoms with van der Waals surface area (Å²) in [5.41, 5.74) is 2.02.